The molecule has 0 saturated carbocycles. The molecule has 0 radical (unpaired) electrons. The standard InChI is InChI=1S/C30H34.C5H12.C4H10/c1-5-8-10-11-12-13-25-16-18-26(19-17-25)23(4)30-28(14-9-6-2)22-27-20-15-24(7-3)21-29(27)30;1-4-5(2)3;1-3-4-2/h7,15-21H,3-6,8-11,14,22H2,1-2H3;5H,4H2,1-3H3;3-4H2,1-2H3. The molecule has 0 amide bonds. The molecule has 0 unspecified atom stereocenters. The topological polar surface area (TPSA) is 0 Å². The predicted molar refractivity (Wildman–Crippen MR) is 179 cm³/mol. The number of allylic oxidation sites excluding steroid dienone is 3. The SMILES string of the molecule is C=Cc1ccc2c(c1)C(C(=C)c1ccc(C#CCCCCC)cc1)=C(CCCC)C2.CCC(C)C.CCCC. The molecule has 39 heavy (non-hydrogen) atoms. The number of hydrogen-bond donors (Lipinski definition) is 0. The highest BCUT2D eigenvalue weighted by Gasteiger charge is 2.23. The van der Waals surface area contributed by atoms with Crippen molar-refractivity contribution in [3.8, 4) is 11.8 Å². The molecular formula is C39H56. The van der Waals surface area contributed by atoms with E-state index in [9.17, 15) is 0 Å². The minimum Gasteiger partial charge on any atom is -0.0985 e. The van der Waals surface area contributed by atoms with Gasteiger partial charge in [0.1, 0.15) is 0 Å². The van der Waals surface area contributed by atoms with E-state index in [4.69, 9.17) is 0 Å². The second-order valence-electron chi connectivity index (χ2n) is 11.0. The van der Waals surface area contributed by atoms with Gasteiger partial charge in [0, 0.05) is 12.0 Å². The fraction of sp³-hybridized carbons (Fsp3) is 0.487. The Balaban J connectivity index is 0.000000733. The van der Waals surface area contributed by atoms with Gasteiger partial charge in [0.15, 0.2) is 0 Å². The van der Waals surface area contributed by atoms with Crippen LogP contribution in [0.3, 0.4) is 0 Å². The summed E-state index contributed by atoms with van der Waals surface area (Å²) < 4.78 is 0. The second-order valence-corrected chi connectivity index (χ2v) is 11.0. The van der Waals surface area contributed by atoms with Crippen molar-refractivity contribution in [3.63, 3.8) is 0 Å². The van der Waals surface area contributed by atoms with E-state index in [0.29, 0.717) is 0 Å². The summed E-state index contributed by atoms with van der Waals surface area (Å²) in [5.41, 5.74) is 10.2. The van der Waals surface area contributed by atoms with E-state index < -0.39 is 0 Å². The van der Waals surface area contributed by atoms with E-state index in [2.05, 4.69) is 116 Å². The number of rotatable bonds is 11. The molecule has 0 heterocycles. The van der Waals surface area contributed by atoms with E-state index in [1.165, 1.54) is 84.8 Å². The summed E-state index contributed by atoms with van der Waals surface area (Å²) in [6.07, 6.45) is 15.2. The molecule has 1 aliphatic carbocycles. The summed E-state index contributed by atoms with van der Waals surface area (Å²) in [6, 6.07) is 15.3. The summed E-state index contributed by atoms with van der Waals surface area (Å²) in [5.74, 6) is 7.49. The fourth-order valence-electron chi connectivity index (χ4n) is 4.12. The summed E-state index contributed by atoms with van der Waals surface area (Å²) in [7, 11) is 0. The fourth-order valence-corrected chi connectivity index (χ4v) is 4.12. The van der Waals surface area contributed by atoms with Gasteiger partial charge in [-0.25, -0.2) is 0 Å². The van der Waals surface area contributed by atoms with Crippen LogP contribution in [0.4, 0.5) is 0 Å². The lowest BCUT2D eigenvalue weighted by molar-refractivity contribution is 0.626. The summed E-state index contributed by atoms with van der Waals surface area (Å²) in [4.78, 5) is 0. The van der Waals surface area contributed by atoms with Gasteiger partial charge in [-0.15, -0.1) is 0 Å². The van der Waals surface area contributed by atoms with Crippen molar-refractivity contribution >= 4 is 17.2 Å². The second kappa shape index (κ2) is 20.2. The van der Waals surface area contributed by atoms with Crippen LogP contribution in [-0.4, -0.2) is 0 Å². The summed E-state index contributed by atoms with van der Waals surface area (Å²) in [5, 5.41) is 0. The van der Waals surface area contributed by atoms with Crippen molar-refractivity contribution < 1.29 is 0 Å². The van der Waals surface area contributed by atoms with Crippen LogP contribution in [0.5, 0.6) is 0 Å². The van der Waals surface area contributed by atoms with Crippen LogP contribution in [0.15, 0.2) is 61.2 Å². The lowest BCUT2D eigenvalue weighted by atomic mass is 9.91. The molecule has 0 atom stereocenters. The van der Waals surface area contributed by atoms with Crippen molar-refractivity contribution in [1.29, 1.82) is 0 Å². The highest BCUT2D eigenvalue weighted by atomic mass is 14.3. The van der Waals surface area contributed by atoms with Gasteiger partial charge in [-0.1, -0.05) is 148 Å². The van der Waals surface area contributed by atoms with E-state index >= 15 is 0 Å². The van der Waals surface area contributed by atoms with Crippen molar-refractivity contribution in [1.82, 2.24) is 0 Å². The van der Waals surface area contributed by atoms with Gasteiger partial charge >= 0.3 is 0 Å². The molecule has 0 N–H and O–H groups in total. The molecular weight excluding hydrogens is 468 g/mol. The monoisotopic (exact) mass is 524 g/mol. The van der Waals surface area contributed by atoms with Crippen molar-refractivity contribution in [2.24, 2.45) is 5.92 Å². The highest BCUT2D eigenvalue weighted by molar-refractivity contribution is 6.07. The van der Waals surface area contributed by atoms with E-state index in [0.717, 1.165) is 36.3 Å². The molecule has 0 heteroatoms. The maximum Gasteiger partial charge on any atom is 0.0245 e. The first kappa shape index (κ1) is 34.2. The zero-order valence-electron chi connectivity index (χ0n) is 26.4. The zero-order valence-corrected chi connectivity index (χ0v) is 26.4. The Bertz CT molecular complexity index is 1080. The zero-order chi connectivity index (χ0) is 29.0. The number of benzene rings is 2. The van der Waals surface area contributed by atoms with Crippen molar-refractivity contribution in [2.45, 2.75) is 119 Å². The van der Waals surface area contributed by atoms with E-state index in [-0.39, 0.29) is 0 Å². The Hall–Kier alpha value is -2.78. The first-order valence-electron chi connectivity index (χ1n) is 15.6. The number of unbranched alkanes of at least 4 members (excludes halogenated alkanes) is 5. The lowest BCUT2D eigenvalue weighted by Crippen LogP contribution is -1.92. The average molecular weight is 525 g/mol. The summed E-state index contributed by atoms with van der Waals surface area (Å²) in [6.45, 7) is 24.0. The molecule has 0 fully saturated rings. The quantitative estimate of drug-likeness (QED) is 0.202. The van der Waals surface area contributed by atoms with Gasteiger partial charge in [-0.05, 0) is 83.2 Å². The maximum atomic E-state index is 4.53. The number of fused-ring (bicyclic) bond motifs is 1. The van der Waals surface area contributed by atoms with Crippen LogP contribution in [-0.2, 0) is 6.42 Å². The normalized spacial score (nSPS) is 11.5. The van der Waals surface area contributed by atoms with E-state index in [1.807, 2.05) is 6.08 Å². The van der Waals surface area contributed by atoms with Gasteiger partial charge < -0.3 is 0 Å². The van der Waals surface area contributed by atoms with Crippen LogP contribution >= 0.6 is 0 Å². The molecule has 0 nitrogen and oxygen atoms in total. The molecule has 0 spiro atoms. The molecule has 0 bridgehead atoms. The van der Waals surface area contributed by atoms with Crippen LogP contribution in [0, 0.1) is 17.8 Å². The third-order valence-electron chi connectivity index (χ3n) is 7.22. The van der Waals surface area contributed by atoms with Gasteiger partial charge in [0.25, 0.3) is 0 Å². The largest absolute Gasteiger partial charge is 0.0985 e. The van der Waals surface area contributed by atoms with Crippen LogP contribution < -0.4 is 0 Å². The molecule has 2 aromatic rings. The first-order chi connectivity index (χ1) is 18.9. The van der Waals surface area contributed by atoms with E-state index in [1.54, 1.807) is 0 Å². The highest BCUT2D eigenvalue weighted by Crippen LogP contribution is 2.43. The van der Waals surface area contributed by atoms with Gasteiger partial charge in [0.2, 0.25) is 0 Å². The third kappa shape index (κ3) is 12.3. The minimum atomic E-state index is 0.884. The smallest absolute Gasteiger partial charge is 0.0245 e. The molecule has 1 aliphatic rings. The predicted octanol–water partition coefficient (Wildman–Crippen LogP) is 12.3. The number of hydrogen-bond acceptors (Lipinski definition) is 0. The molecule has 212 valence electrons. The van der Waals surface area contributed by atoms with Crippen molar-refractivity contribution in [2.75, 3.05) is 0 Å². The Kier molecular flexibility index (Phi) is 17.7. The molecule has 0 aromatic heterocycles. The Morgan fingerprint density at radius 2 is 1.51 bits per heavy atom. The van der Waals surface area contributed by atoms with Crippen molar-refractivity contribution in [3.05, 3.63) is 89.0 Å². The van der Waals surface area contributed by atoms with Crippen LogP contribution in [0.25, 0.3) is 17.2 Å². The maximum absolute atomic E-state index is 4.53. The van der Waals surface area contributed by atoms with Crippen LogP contribution in [0.1, 0.15) is 140 Å². The third-order valence-corrected chi connectivity index (χ3v) is 7.22. The van der Waals surface area contributed by atoms with Gasteiger partial charge in [-0.2, -0.15) is 0 Å². The van der Waals surface area contributed by atoms with Gasteiger partial charge in [0.05, 0.1) is 0 Å². The Labute approximate surface area is 242 Å². The summed E-state index contributed by atoms with van der Waals surface area (Å²) >= 11 is 0. The van der Waals surface area contributed by atoms with Crippen LogP contribution in [0.2, 0.25) is 0 Å². The lowest BCUT2D eigenvalue weighted by Gasteiger charge is -2.13. The Morgan fingerprint density at radius 1 is 0.872 bits per heavy atom. The minimum absolute atomic E-state index is 0.884. The molecule has 0 saturated heterocycles. The Morgan fingerprint density at radius 3 is 2.05 bits per heavy atom. The molecule has 3 rings (SSSR count). The van der Waals surface area contributed by atoms with Gasteiger partial charge in [-0.3, -0.25) is 0 Å². The average Bonchev–Trinajstić information content (AvgIpc) is 3.33. The first-order valence-corrected chi connectivity index (χ1v) is 15.6. The molecule has 0 aliphatic heterocycles. The molecule has 2 aromatic carbocycles.